The number of rotatable bonds is 2. The smallest absolute Gasteiger partial charge is 0.242 e. The summed E-state index contributed by atoms with van der Waals surface area (Å²) in [6, 6.07) is 9.59. The number of anilines is 1. The molecule has 0 aliphatic carbocycles. The summed E-state index contributed by atoms with van der Waals surface area (Å²) in [5.74, 6) is -0.0305. The first-order chi connectivity index (χ1) is 8.83. The summed E-state index contributed by atoms with van der Waals surface area (Å²) in [4.78, 5) is 16.2. The zero-order valence-corrected chi connectivity index (χ0v) is 9.81. The van der Waals surface area contributed by atoms with Crippen LogP contribution in [-0.4, -0.2) is 23.5 Å². The van der Waals surface area contributed by atoms with E-state index in [1.54, 1.807) is 6.20 Å². The lowest BCUT2D eigenvalue weighted by molar-refractivity contribution is -0.117. The molecule has 3 rings (SSSR count). The van der Waals surface area contributed by atoms with Gasteiger partial charge in [0.05, 0.1) is 17.4 Å². The summed E-state index contributed by atoms with van der Waals surface area (Å²) in [6.07, 6.45) is 2.48. The Kier molecular flexibility index (Phi) is 2.92. The minimum absolute atomic E-state index is 0.0305. The number of nitrogens with one attached hydrogen (secondary N) is 3. The zero-order chi connectivity index (χ0) is 12.4. The van der Waals surface area contributed by atoms with Gasteiger partial charge in [0.2, 0.25) is 5.91 Å². The van der Waals surface area contributed by atoms with Crippen molar-refractivity contribution in [1.82, 2.24) is 15.8 Å². The Balaban J connectivity index is 1.79. The van der Waals surface area contributed by atoms with Crippen LogP contribution in [-0.2, 0) is 4.79 Å². The number of fused-ring (bicyclic) bond motifs is 1. The van der Waals surface area contributed by atoms with Gasteiger partial charge in [-0.15, -0.1) is 0 Å². The average Bonchev–Trinajstić information content (AvgIpc) is 2.92. The second-order valence-electron chi connectivity index (χ2n) is 4.32. The first kappa shape index (κ1) is 11.1. The number of benzene rings is 1. The number of nitrogens with zero attached hydrogens (tertiary/aromatic N) is 1. The predicted molar refractivity (Wildman–Crippen MR) is 69.9 cm³/mol. The number of hydrazine groups is 1. The number of pyridine rings is 1. The summed E-state index contributed by atoms with van der Waals surface area (Å²) in [5.41, 5.74) is 7.53. The molecule has 1 aromatic heterocycles. The maximum atomic E-state index is 11.9. The van der Waals surface area contributed by atoms with Crippen LogP contribution in [0.15, 0.2) is 36.5 Å². The number of carbonyl (C=O) groups excluding carboxylic acids is 1. The van der Waals surface area contributed by atoms with E-state index in [1.165, 1.54) is 0 Å². The summed E-state index contributed by atoms with van der Waals surface area (Å²) in [7, 11) is 0. The van der Waals surface area contributed by atoms with E-state index >= 15 is 0 Å². The van der Waals surface area contributed by atoms with Gasteiger partial charge in [0.25, 0.3) is 0 Å². The Morgan fingerprint density at radius 2 is 2.28 bits per heavy atom. The van der Waals surface area contributed by atoms with E-state index < -0.39 is 0 Å². The number of amides is 1. The van der Waals surface area contributed by atoms with Crippen molar-refractivity contribution in [2.24, 2.45) is 0 Å². The predicted octanol–water partition coefficient (Wildman–Crippen LogP) is 1.04. The van der Waals surface area contributed by atoms with Crippen molar-refractivity contribution < 1.29 is 4.79 Å². The third-order valence-electron chi connectivity index (χ3n) is 3.01. The molecule has 1 unspecified atom stereocenters. The molecule has 1 amide bonds. The fourth-order valence-electron chi connectivity index (χ4n) is 2.05. The molecule has 2 aromatic rings. The lowest BCUT2D eigenvalue weighted by atomic mass is 10.2. The van der Waals surface area contributed by atoms with Gasteiger partial charge in [0.1, 0.15) is 6.04 Å². The minimum Gasteiger partial charge on any atom is -0.323 e. The Hall–Kier alpha value is -1.98. The highest BCUT2D eigenvalue weighted by molar-refractivity contribution is 5.96. The fraction of sp³-hybridized carbons (Fsp3) is 0.231. The molecule has 1 aromatic carbocycles. The summed E-state index contributed by atoms with van der Waals surface area (Å²) in [5, 5.41) is 3.89. The van der Waals surface area contributed by atoms with Gasteiger partial charge in [0.15, 0.2) is 0 Å². The maximum Gasteiger partial charge on any atom is 0.242 e. The zero-order valence-electron chi connectivity index (χ0n) is 9.81. The largest absolute Gasteiger partial charge is 0.323 e. The number of para-hydroxylation sites is 1. The minimum atomic E-state index is -0.170. The first-order valence-electron chi connectivity index (χ1n) is 5.97. The van der Waals surface area contributed by atoms with Crippen LogP contribution in [0, 0.1) is 0 Å². The van der Waals surface area contributed by atoms with E-state index in [0.717, 1.165) is 29.6 Å². The maximum absolute atomic E-state index is 11.9. The monoisotopic (exact) mass is 242 g/mol. The molecule has 1 aliphatic rings. The molecular formula is C13H14N4O. The van der Waals surface area contributed by atoms with E-state index in [0.29, 0.717) is 0 Å². The van der Waals surface area contributed by atoms with Crippen molar-refractivity contribution in [3.05, 3.63) is 36.5 Å². The molecule has 0 saturated carbocycles. The van der Waals surface area contributed by atoms with Crippen LogP contribution in [0.5, 0.6) is 0 Å². The SMILES string of the molecule is O=C(Nc1cnc2ccccc2c1)C1CCNN1. The molecule has 5 heteroatoms. The van der Waals surface area contributed by atoms with E-state index in [2.05, 4.69) is 21.2 Å². The quantitative estimate of drug-likeness (QED) is 0.736. The molecule has 18 heavy (non-hydrogen) atoms. The van der Waals surface area contributed by atoms with E-state index in [9.17, 15) is 4.79 Å². The van der Waals surface area contributed by atoms with Crippen molar-refractivity contribution in [3.63, 3.8) is 0 Å². The summed E-state index contributed by atoms with van der Waals surface area (Å²) in [6.45, 7) is 0.814. The third-order valence-corrected chi connectivity index (χ3v) is 3.01. The topological polar surface area (TPSA) is 66.0 Å². The lowest BCUT2D eigenvalue weighted by Gasteiger charge is -2.10. The van der Waals surface area contributed by atoms with E-state index in [-0.39, 0.29) is 11.9 Å². The van der Waals surface area contributed by atoms with Crippen molar-refractivity contribution in [2.75, 3.05) is 11.9 Å². The number of carbonyl (C=O) groups is 1. The summed E-state index contributed by atoms with van der Waals surface area (Å²) >= 11 is 0. The molecule has 1 fully saturated rings. The molecule has 1 saturated heterocycles. The van der Waals surface area contributed by atoms with Crippen LogP contribution in [0.3, 0.4) is 0 Å². The van der Waals surface area contributed by atoms with E-state index in [4.69, 9.17) is 0 Å². The van der Waals surface area contributed by atoms with Gasteiger partial charge in [0, 0.05) is 11.9 Å². The number of hydrogen-bond donors (Lipinski definition) is 3. The average molecular weight is 242 g/mol. The van der Waals surface area contributed by atoms with E-state index in [1.807, 2.05) is 30.3 Å². The van der Waals surface area contributed by atoms with Gasteiger partial charge >= 0.3 is 0 Å². The molecule has 5 nitrogen and oxygen atoms in total. The second-order valence-corrected chi connectivity index (χ2v) is 4.32. The molecule has 3 N–H and O–H groups in total. The molecule has 0 bridgehead atoms. The molecular weight excluding hydrogens is 228 g/mol. The number of hydrogen-bond acceptors (Lipinski definition) is 4. The Morgan fingerprint density at radius 1 is 1.39 bits per heavy atom. The van der Waals surface area contributed by atoms with Gasteiger partial charge in [-0.05, 0) is 18.6 Å². The highest BCUT2D eigenvalue weighted by Crippen LogP contribution is 2.16. The Morgan fingerprint density at radius 3 is 3.11 bits per heavy atom. The van der Waals surface area contributed by atoms with Gasteiger partial charge in [-0.1, -0.05) is 18.2 Å². The first-order valence-corrected chi connectivity index (χ1v) is 5.97. The lowest BCUT2D eigenvalue weighted by Crippen LogP contribution is -2.39. The van der Waals surface area contributed by atoms with Crippen molar-refractivity contribution in [2.45, 2.75) is 12.5 Å². The van der Waals surface area contributed by atoms with Crippen LogP contribution in [0.25, 0.3) is 10.9 Å². The van der Waals surface area contributed by atoms with Crippen molar-refractivity contribution >= 4 is 22.5 Å². The van der Waals surface area contributed by atoms with Gasteiger partial charge in [-0.25, -0.2) is 5.43 Å². The fourth-order valence-corrected chi connectivity index (χ4v) is 2.05. The van der Waals surface area contributed by atoms with Gasteiger partial charge in [-0.2, -0.15) is 0 Å². The van der Waals surface area contributed by atoms with Crippen LogP contribution >= 0.6 is 0 Å². The summed E-state index contributed by atoms with van der Waals surface area (Å²) < 4.78 is 0. The van der Waals surface area contributed by atoms with Gasteiger partial charge < -0.3 is 5.32 Å². The molecule has 92 valence electrons. The van der Waals surface area contributed by atoms with Crippen molar-refractivity contribution in [1.29, 1.82) is 0 Å². The van der Waals surface area contributed by atoms with Crippen molar-refractivity contribution in [3.8, 4) is 0 Å². The van der Waals surface area contributed by atoms with Crippen LogP contribution in [0.2, 0.25) is 0 Å². The normalized spacial score (nSPS) is 19.0. The van der Waals surface area contributed by atoms with Gasteiger partial charge in [-0.3, -0.25) is 15.2 Å². The Bertz CT molecular complexity index is 578. The Labute approximate surface area is 105 Å². The molecule has 2 heterocycles. The highest BCUT2D eigenvalue weighted by Gasteiger charge is 2.21. The third kappa shape index (κ3) is 2.18. The molecule has 0 spiro atoms. The van der Waals surface area contributed by atoms with Crippen LogP contribution in [0.4, 0.5) is 5.69 Å². The van der Waals surface area contributed by atoms with Crippen LogP contribution in [0.1, 0.15) is 6.42 Å². The standard InChI is InChI=1S/C13H14N4O/c18-13(12-5-6-15-17-12)16-10-7-9-3-1-2-4-11(9)14-8-10/h1-4,7-8,12,15,17H,5-6H2,(H,16,18). The number of aromatic nitrogens is 1. The second kappa shape index (κ2) is 4.72. The molecule has 1 atom stereocenters. The highest BCUT2D eigenvalue weighted by atomic mass is 16.2. The van der Waals surface area contributed by atoms with Crippen LogP contribution < -0.4 is 16.2 Å². The molecule has 1 aliphatic heterocycles. The molecule has 0 radical (unpaired) electrons.